The van der Waals surface area contributed by atoms with Gasteiger partial charge in [0.15, 0.2) is 0 Å². The standard InChI is InChI=1S/C60H46N4S2/c1-3-5-18-40-41(19-6-4-2)59-58(44-22-8-12-28-49(44)63(59)54-32-16-25-46(61-54)37-34-35-39-38-20-9-13-29-50(38)66-53(39)36-37)60-57(40)43-21-7-11-27-48(43)64(60)55-33-17-26-47(62-55)42-24-15-31-52-56(42)45-23-10-14-30-51(45)65-52/h7-17,20-36H,3-6,18-19H2,1-2H3. The number of unbranched alkanes of at least 4 members (excludes halogenated alkanes) is 2. The molecule has 318 valence electrons. The Morgan fingerprint density at radius 1 is 0.409 bits per heavy atom. The number of aromatic nitrogens is 4. The van der Waals surface area contributed by atoms with Crippen molar-refractivity contribution in [3.63, 3.8) is 0 Å². The molecule has 7 aromatic carbocycles. The number of rotatable bonds is 10. The molecule has 0 unspecified atom stereocenters. The van der Waals surface area contributed by atoms with Crippen LogP contribution in [0.1, 0.15) is 50.7 Å². The first-order valence-electron chi connectivity index (χ1n) is 23.5. The SMILES string of the molecule is CCCCc1c(CCCC)c2c(c3ccccc3n2-c2cccc(-c3ccc4c(c3)sc3ccccc34)n2)c2c1c1ccccc1n2-c1cccc(-c2cccc3sc4ccccc4c23)n1. The zero-order valence-electron chi connectivity index (χ0n) is 37.0. The Morgan fingerprint density at radius 2 is 0.955 bits per heavy atom. The second-order valence-electron chi connectivity index (χ2n) is 17.7. The maximum Gasteiger partial charge on any atom is 0.138 e. The summed E-state index contributed by atoms with van der Waals surface area (Å²) in [6.07, 6.45) is 6.45. The summed E-state index contributed by atoms with van der Waals surface area (Å²) in [6.45, 7) is 4.64. The smallest absolute Gasteiger partial charge is 0.138 e. The average molecular weight is 887 g/mol. The van der Waals surface area contributed by atoms with Crippen LogP contribution >= 0.6 is 22.7 Å². The third kappa shape index (κ3) is 6.01. The van der Waals surface area contributed by atoms with Crippen LogP contribution in [0.15, 0.2) is 170 Å². The van der Waals surface area contributed by atoms with Crippen LogP contribution in [0.3, 0.4) is 0 Å². The molecule has 0 radical (unpaired) electrons. The predicted molar refractivity (Wildman–Crippen MR) is 285 cm³/mol. The van der Waals surface area contributed by atoms with Crippen LogP contribution < -0.4 is 0 Å². The van der Waals surface area contributed by atoms with E-state index in [0.717, 1.165) is 72.7 Å². The molecule has 6 heteroatoms. The molecule has 13 rings (SSSR count). The lowest BCUT2D eigenvalue weighted by Gasteiger charge is -2.18. The topological polar surface area (TPSA) is 35.6 Å². The molecule has 0 aliphatic rings. The van der Waals surface area contributed by atoms with Crippen molar-refractivity contribution in [2.24, 2.45) is 0 Å². The quantitative estimate of drug-likeness (QED) is 0.137. The average Bonchev–Trinajstić information content (AvgIpc) is 4.13. The normalized spacial score (nSPS) is 12.2. The van der Waals surface area contributed by atoms with Crippen LogP contribution in [-0.4, -0.2) is 19.1 Å². The van der Waals surface area contributed by atoms with Crippen molar-refractivity contribution in [1.29, 1.82) is 0 Å². The predicted octanol–water partition coefficient (Wildman–Crippen LogP) is 17.4. The van der Waals surface area contributed by atoms with Crippen molar-refractivity contribution >= 4 is 107 Å². The Morgan fingerprint density at radius 3 is 1.70 bits per heavy atom. The summed E-state index contributed by atoms with van der Waals surface area (Å²) in [5, 5.41) is 10.3. The largest absolute Gasteiger partial charge is 0.293 e. The van der Waals surface area contributed by atoms with Gasteiger partial charge in [-0.3, -0.25) is 9.13 Å². The Bertz CT molecular complexity index is 4050. The summed E-state index contributed by atoms with van der Waals surface area (Å²) in [5.74, 6) is 1.86. The van der Waals surface area contributed by atoms with E-state index < -0.39 is 0 Å². The summed E-state index contributed by atoms with van der Waals surface area (Å²) in [5.41, 5.74) is 12.0. The molecule has 0 saturated carbocycles. The van der Waals surface area contributed by atoms with E-state index >= 15 is 0 Å². The van der Waals surface area contributed by atoms with Crippen molar-refractivity contribution in [2.45, 2.75) is 52.4 Å². The van der Waals surface area contributed by atoms with E-state index in [-0.39, 0.29) is 0 Å². The maximum atomic E-state index is 5.67. The van der Waals surface area contributed by atoms with Gasteiger partial charge in [-0.05, 0) is 97.5 Å². The first-order valence-corrected chi connectivity index (χ1v) is 25.1. The molecule has 0 fully saturated rings. The second-order valence-corrected chi connectivity index (χ2v) is 19.8. The number of fused-ring (bicyclic) bond motifs is 13. The molecule has 0 spiro atoms. The van der Waals surface area contributed by atoms with Crippen molar-refractivity contribution < 1.29 is 0 Å². The molecule has 13 aromatic rings. The molecule has 66 heavy (non-hydrogen) atoms. The van der Waals surface area contributed by atoms with Gasteiger partial charge in [-0.2, -0.15) is 0 Å². The maximum absolute atomic E-state index is 5.67. The van der Waals surface area contributed by atoms with E-state index in [2.05, 4.69) is 193 Å². The zero-order valence-corrected chi connectivity index (χ0v) is 38.6. The highest BCUT2D eigenvalue weighted by atomic mass is 32.1. The molecular weight excluding hydrogens is 841 g/mol. The van der Waals surface area contributed by atoms with Crippen molar-refractivity contribution in [1.82, 2.24) is 19.1 Å². The van der Waals surface area contributed by atoms with E-state index in [1.54, 1.807) is 0 Å². The number of hydrogen-bond donors (Lipinski definition) is 0. The zero-order chi connectivity index (χ0) is 43.9. The van der Waals surface area contributed by atoms with Crippen LogP contribution in [0, 0.1) is 0 Å². The Balaban J connectivity index is 1.12. The molecule has 0 bridgehead atoms. The number of benzene rings is 7. The minimum Gasteiger partial charge on any atom is -0.293 e. The minimum absolute atomic E-state index is 0.924. The fourth-order valence-corrected chi connectivity index (χ4v) is 13.1. The van der Waals surface area contributed by atoms with Gasteiger partial charge in [0.2, 0.25) is 0 Å². The summed E-state index contributed by atoms with van der Waals surface area (Å²) in [7, 11) is 0. The summed E-state index contributed by atoms with van der Waals surface area (Å²) in [4.78, 5) is 11.3. The van der Waals surface area contributed by atoms with E-state index in [4.69, 9.17) is 9.97 Å². The first kappa shape index (κ1) is 39.3. The molecule has 0 N–H and O–H groups in total. The Kier molecular flexibility index (Phi) is 9.40. The number of pyridine rings is 2. The molecule has 6 aromatic heterocycles. The molecule has 0 aliphatic heterocycles. The lowest BCUT2D eigenvalue weighted by molar-refractivity contribution is 0.763. The number of aryl methyl sites for hydroxylation is 2. The molecular formula is C60H46N4S2. The van der Waals surface area contributed by atoms with E-state index in [0.29, 0.717) is 0 Å². The van der Waals surface area contributed by atoms with Crippen molar-refractivity contribution in [2.75, 3.05) is 0 Å². The van der Waals surface area contributed by atoms with E-state index in [1.165, 1.54) is 95.1 Å². The van der Waals surface area contributed by atoms with Gasteiger partial charge < -0.3 is 0 Å². The third-order valence-corrected chi connectivity index (χ3v) is 16.0. The highest BCUT2D eigenvalue weighted by Crippen LogP contribution is 2.47. The molecule has 4 nitrogen and oxygen atoms in total. The van der Waals surface area contributed by atoms with Gasteiger partial charge in [0.05, 0.1) is 33.5 Å². The fraction of sp³-hybridized carbons (Fsp3) is 0.133. The van der Waals surface area contributed by atoms with Gasteiger partial charge in [-0.25, -0.2) is 9.97 Å². The first-order chi connectivity index (χ1) is 32.7. The van der Waals surface area contributed by atoms with Gasteiger partial charge in [0.25, 0.3) is 0 Å². The molecule has 0 atom stereocenters. The summed E-state index contributed by atoms with van der Waals surface area (Å²) < 4.78 is 10.2. The highest BCUT2D eigenvalue weighted by Gasteiger charge is 2.28. The van der Waals surface area contributed by atoms with Gasteiger partial charge in [-0.1, -0.05) is 136 Å². The van der Waals surface area contributed by atoms with Gasteiger partial charge in [0, 0.05) is 73.0 Å². The number of nitrogens with zero attached hydrogens (tertiary/aromatic N) is 4. The van der Waals surface area contributed by atoms with Gasteiger partial charge >= 0.3 is 0 Å². The monoisotopic (exact) mass is 886 g/mol. The second kappa shape index (κ2) is 15.8. The Labute approximate surface area is 391 Å². The molecule has 6 heterocycles. The molecule has 0 aliphatic carbocycles. The molecule has 0 saturated heterocycles. The lowest BCUT2D eigenvalue weighted by Crippen LogP contribution is -2.05. The fourth-order valence-electron chi connectivity index (χ4n) is 10.8. The lowest BCUT2D eigenvalue weighted by atomic mass is 9.90. The van der Waals surface area contributed by atoms with Crippen LogP contribution in [0.25, 0.3) is 118 Å². The van der Waals surface area contributed by atoms with Crippen LogP contribution in [0.5, 0.6) is 0 Å². The minimum atomic E-state index is 0.924. The summed E-state index contributed by atoms with van der Waals surface area (Å²) >= 11 is 3.71. The van der Waals surface area contributed by atoms with Crippen molar-refractivity contribution in [3.8, 4) is 34.2 Å². The van der Waals surface area contributed by atoms with Crippen LogP contribution in [-0.2, 0) is 12.8 Å². The number of thiophene rings is 2. The van der Waals surface area contributed by atoms with E-state index in [9.17, 15) is 0 Å². The van der Waals surface area contributed by atoms with Crippen molar-refractivity contribution in [3.05, 3.63) is 181 Å². The third-order valence-electron chi connectivity index (χ3n) is 13.8. The molecule has 0 amide bonds. The summed E-state index contributed by atoms with van der Waals surface area (Å²) in [6, 6.07) is 62.3. The van der Waals surface area contributed by atoms with Gasteiger partial charge in [-0.15, -0.1) is 22.7 Å². The number of para-hydroxylation sites is 2. The van der Waals surface area contributed by atoms with Crippen LogP contribution in [0.4, 0.5) is 0 Å². The van der Waals surface area contributed by atoms with Crippen LogP contribution in [0.2, 0.25) is 0 Å². The number of hydrogen-bond acceptors (Lipinski definition) is 4. The van der Waals surface area contributed by atoms with Gasteiger partial charge in [0.1, 0.15) is 11.6 Å². The Hall–Kier alpha value is -7.12. The van der Waals surface area contributed by atoms with E-state index in [1.807, 2.05) is 22.7 Å². The highest BCUT2D eigenvalue weighted by molar-refractivity contribution is 7.26.